The molecule has 20 heavy (non-hydrogen) atoms. The third kappa shape index (κ3) is 3.50. The predicted molar refractivity (Wildman–Crippen MR) is 74.3 cm³/mol. The molecule has 6 heteroatoms. The van der Waals surface area contributed by atoms with Crippen LogP contribution in [-0.4, -0.2) is 22.6 Å². The van der Waals surface area contributed by atoms with Crippen LogP contribution in [0.15, 0.2) is 36.4 Å². The van der Waals surface area contributed by atoms with Gasteiger partial charge in [0.2, 0.25) is 0 Å². The summed E-state index contributed by atoms with van der Waals surface area (Å²) in [5.74, 6) is -0.266. The van der Waals surface area contributed by atoms with E-state index < -0.39 is 0 Å². The number of halogens is 1. The zero-order chi connectivity index (χ0) is 14.4. The van der Waals surface area contributed by atoms with Crippen LogP contribution in [0.1, 0.15) is 23.8 Å². The molecule has 1 aromatic carbocycles. The van der Waals surface area contributed by atoms with Crippen LogP contribution in [0.5, 0.6) is 0 Å². The molecule has 2 aromatic rings. The average molecular weight is 274 g/mol. The van der Waals surface area contributed by atoms with E-state index >= 15 is 0 Å². The lowest BCUT2D eigenvalue weighted by Crippen LogP contribution is -2.25. The van der Waals surface area contributed by atoms with Gasteiger partial charge in [0.25, 0.3) is 5.91 Å². The van der Waals surface area contributed by atoms with Crippen molar-refractivity contribution in [1.82, 2.24) is 15.5 Å². The van der Waals surface area contributed by atoms with Gasteiger partial charge in [0.05, 0.1) is 5.69 Å². The first kappa shape index (κ1) is 13.9. The number of hydrogen-bond donors (Lipinski definition) is 2. The molecule has 0 fully saturated rings. The molecule has 1 amide bonds. The fraction of sp³-hybridized carbons (Fsp3) is 0.214. The van der Waals surface area contributed by atoms with Crippen LogP contribution < -0.4 is 10.6 Å². The lowest BCUT2D eigenvalue weighted by Gasteiger charge is -2.06. The third-order valence-electron chi connectivity index (χ3n) is 2.57. The zero-order valence-corrected chi connectivity index (χ0v) is 11.1. The Balaban J connectivity index is 2.05. The number of carbonyl (C=O) groups is 1. The minimum Gasteiger partial charge on any atom is -0.351 e. The van der Waals surface area contributed by atoms with E-state index in [0.717, 1.165) is 6.42 Å². The number of rotatable bonds is 5. The Morgan fingerprint density at radius 3 is 2.65 bits per heavy atom. The van der Waals surface area contributed by atoms with Crippen molar-refractivity contribution in [3.05, 3.63) is 47.9 Å². The first-order chi connectivity index (χ1) is 9.70. The first-order valence-electron chi connectivity index (χ1n) is 6.34. The molecule has 2 rings (SSSR count). The van der Waals surface area contributed by atoms with Crippen molar-refractivity contribution in [3.8, 4) is 0 Å². The van der Waals surface area contributed by atoms with Gasteiger partial charge in [0, 0.05) is 6.54 Å². The summed E-state index contributed by atoms with van der Waals surface area (Å²) < 4.78 is 13.4. The number of carbonyl (C=O) groups excluding carboxylic acids is 1. The highest BCUT2D eigenvalue weighted by atomic mass is 19.1. The van der Waals surface area contributed by atoms with Crippen LogP contribution in [0.25, 0.3) is 0 Å². The van der Waals surface area contributed by atoms with Gasteiger partial charge in [-0.25, -0.2) is 4.39 Å². The monoisotopic (exact) mass is 274 g/mol. The van der Waals surface area contributed by atoms with Crippen LogP contribution in [0.3, 0.4) is 0 Å². The van der Waals surface area contributed by atoms with Crippen LogP contribution >= 0.6 is 0 Å². The molecular formula is C14H15FN4O. The maximum Gasteiger partial charge on any atom is 0.271 e. The SMILES string of the molecule is CCCNC(=O)c1ccc(Nc2ccccc2F)nn1. The predicted octanol–water partition coefficient (Wildman–Crippen LogP) is 2.50. The summed E-state index contributed by atoms with van der Waals surface area (Å²) in [6.45, 7) is 2.56. The number of benzene rings is 1. The van der Waals surface area contributed by atoms with Gasteiger partial charge in [0.15, 0.2) is 11.5 Å². The Morgan fingerprint density at radius 2 is 2.00 bits per heavy atom. The fourth-order valence-electron chi connectivity index (χ4n) is 1.55. The number of hydrogen-bond acceptors (Lipinski definition) is 4. The number of aromatic nitrogens is 2. The highest BCUT2D eigenvalue weighted by Crippen LogP contribution is 2.17. The lowest BCUT2D eigenvalue weighted by molar-refractivity contribution is 0.0947. The van der Waals surface area contributed by atoms with Crippen LogP contribution in [-0.2, 0) is 0 Å². The Bertz CT molecular complexity index is 586. The molecule has 0 radical (unpaired) electrons. The van der Waals surface area contributed by atoms with Gasteiger partial charge in [-0.1, -0.05) is 19.1 Å². The van der Waals surface area contributed by atoms with Crippen molar-refractivity contribution < 1.29 is 9.18 Å². The molecule has 0 atom stereocenters. The summed E-state index contributed by atoms with van der Waals surface area (Å²) in [5, 5.41) is 13.2. The molecule has 0 aliphatic rings. The second-order valence-corrected chi connectivity index (χ2v) is 4.16. The van der Waals surface area contributed by atoms with E-state index in [1.807, 2.05) is 6.92 Å². The Hall–Kier alpha value is -2.50. The van der Waals surface area contributed by atoms with Gasteiger partial charge >= 0.3 is 0 Å². The number of anilines is 2. The second kappa shape index (κ2) is 6.60. The smallest absolute Gasteiger partial charge is 0.271 e. The highest BCUT2D eigenvalue weighted by Gasteiger charge is 2.08. The fourth-order valence-corrected chi connectivity index (χ4v) is 1.55. The van der Waals surface area contributed by atoms with Crippen molar-refractivity contribution >= 4 is 17.4 Å². The minimum absolute atomic E-state index is 0.234. The zero-order valence-electron chi connectivity index (χ0n) is 11.1. The molecule has 0 aliphatic heterocycles. The molecule has 0 unspecified atom stereocenters. The van der Waals surface area contributed by atoms with Crippen molar-refractivity contribution in [3.63, 3.8) is 0 Å². The van der Waals surface area contributed by atoms with E-state index in [1.54, 1.807) is 30.3 Å². The van der Waals surface area contributed by atoms with Crippen molar-refractivity contribution in [2.45, 2.75) is 13.3 Å². The van der Waals surface area contributed by atoms with E-state index in [-0.39, 0.29) is 17.4 Å². The minimum atomic E-state index is -0.376. The Morgan fingerprint density at radius 1 is 1.20 bits per heavy atom. The molecule has 0 bridgehead atoms. The normalized spacial score (nSPS) is 10.1. The van der Waals surface area contributed by atoms with E-state index in [0.29, 0.717) is 18.1 Å². The first-order valence-corrected chi connectivity index (χ1v) is 6.34. The molecule has 1 heterocycles. The number of para-hydroxylation sites is 1. The summed E-state index contributed by atoms with van der Waals surface area (Å²) in [6.07, 6.45) is 0.853. The summed E-state index contributed by atoms with van der Waals surface area (Å²) in [7, 11) is 0. The Kier molecular flexibility index (Phi) is 4.60. The molecule has 0 saturated carbocycles. The number of nitrogens with zero attached hydrogens (tertiary/aromatic N) is 2. The topological polar surface area (TPSA) is 66.9 Å². The molecule has 0 saturated heterocycles. The Labute approximate surface area is 116 Å². The van der Waals surface area contributed by atoms with Crippen LogP contribution in [0.2, 0.25) is 0 Å². The number of nitrogens with one attached hydrogen (secondary N) is 2. The molecule has 5 nitrogen and oxygen atoms in total. The van der Waals surface area contributed by atoms with Crippen molar-refractivity contribution in [2.24, 2.45) is 0 Å². The van der Waals surface area contributed by atoms with Gasteiger partial charge in [-0.05, 0) is 30.7 Å². The van der Waals surface area contributed by atoms with E-state index in [2.05, 4.69) is 20.8 Å². The summed E-state index contributed by atoms with van der Waals surface area (Å²) in [5.41, 5.74) is 0.544. The number of amides is 1. The van der Waals surface area contributed by atoms with Gasteiger partial charge in [0.1, 0.15) is 5.82 Å². The molecule has 2 N–H and O–H groups in total. The third-order valence-corrected chi connectivity index (χ3v) is 2.57. The van der Waals surface area contributed by atoms with Crippen LogP contribution in [0.4, 0.5) is 15.9 Å². The van der Waals surface area contributed by atoms with E-state index in [1.165, 1.54) is 6.07 Å². The largest absolute Gasteiger partial charge is 0.351 e. The van der Waals surface area contributed by atoms with Crippen LogP contribution in [0, 0.1) is 5.82 Å². The molecular weight excluding hydrogens is 259 g/mol. The van der Waals surface area contributed by atoms with Gasteiger partial charge in [-0.15, -0.1) is 10.2 Å². The quantitative estimate of drug-likeness (QED) is 0.879. The maximum atomic E-state index is 13.4. The second-order valence-electron chi connectivity index (χ2n) is 4.16. The lowest BCUT2D eigenvalue weighted by atomic mass is 10.3. The van der Waals surface area contributed by atoms with Crippen molar-refractivity contribution in [2.75, 3.05) is 11.9 Å². The van der Waals surface area contributed by atoms with Crippen molar-refractivity contribution in [1.29, 1.82) is 0 Å². The standard InChI is InChI=1S/C14H15FN4O/c1-2-9-16-14(20)12-7-8-13(19-18-12)17-11-6-4-3-5-10(11)15/h3-8H,2,9H2,1H3,(H,16,20)(H,17,19). The molecule has 0 spiro atoms. The average Bonchev–Trinajstić information content (AvgIpc) is 2.48. The molecule has 0 aliphatic carbocycles. The van der Waals surface area contributed by atoms with E-state index in [9.17, 15) is 9.18 Å². The molecule has 104 valence electrons. The van der Waals surface area contributed by atoms with E-state index in [4.69, 9.17) is 0 Å². The van der Waals surface area contributed by atoms with Gasteiger partial charge in [-0.2, -0.15) is 0 Å². The summed E-state index contributed by atoms with van der Waals surface area (Å²) in [6, 6.07) is 9.39. The molecule has 1 aromatic heterocycles. The van der Waals surface area contributed by atoms with Gasteiger partial charge in [-0.3, -0.25) is 4.79 Å². The van der Waals surface area contributed by atoms with Gasteiger partial charge < -0.3 is 10.6 Å². The summed E-state index contributed by atoms with van der Waals surface area (Å²) in [4.78, 5) is 11.6. The summed E-state index contributed by atoms with van der Waals surface area (Å²) >= 11 is 0. The highest BCUT2D eigenvalue weighted by molar-refractivity contribution is 5.92. The maximum absolute atomic E-state index is 13.4.